The molecule has 2 aromatic carbocycles. The monoisotopic (exact) mass is 293 g/mol. The van der Waals surface area contributed by atoms with Crippen LogP contribution in [0.25, 0.3) is 6.08 Å². The molecule has 1 heterocycles. The molecule has 0 unspecified atom stereocenters. The van der Waals surface area contributed by atoms with Crippen LogP contribution in [0.15, 0.2) is 59.2 Å². The van der Waals surface area contributed by atoms with E-state index in [4.69, 9.17) is 9.47 Å². The molecule has 4 nitrogen and oxygen atoms in total. The maximum Gasteiger partial charge on any atom is 0.363 e. The second-order valence-corrected chi connectivity index (χ2v) is 4.89. The molecule has 0 aliphatic carbocycles. The minimum atomic E-state index is -0.454. The Morgan fingerprint density at radius 2 is 1.82 bits per heavy atom. The number of aliphatic imine (C=N–C) groups is 1. The number of carbonyl (C=O) groups is 1. The summed E-state index contributed by atoms with van der Waals surface area (Å²) in [6, 6.07) is 15.1. The number of nitrogens with zero attached hydrogens (tertiary/aromatic N) is 1. The molecule has 2 aromatic rings. The van der Waals surface area contributed by atoms with E-state index in [1.54, 1.807) is 13.2 Å². The first kappa shape index (κ1) is 14.1. The van der Waals surface area contributed by atoms with Gasteiger partial charge in [0.25, 0.3) is 0 Å². The lowest BCUT2D eigenvalue weighted by Gasteiger charge is -2.03. The Bertz CT molecular complexity index is 790. The number of ether oxygens (including phenoxy) is 2. The fourth-order valence-electron chi connectivity index (χ4n) is 2.27. The van der Waals surface area contributed by atoms with E-state index in [0.29, 0.717) is 11.6 Å². The number of benzene rings is 2. The lowest BCUT2D eigenvalue weighted by molar-refractivity contribution is -0.129. The Hall–Kier alpha value is -2.88. The van der Waals surface area contributed by atoms with Crippen molar-refractivity contribution in [3.8, 4) is 5.75 Å². The average molecular weight is 293 g/mol. The van der Waals surface area contributed by atoms with Crippen LogP contribution in [0.2, 0.25) is 0 Å². The third kappa shape index (κ3) is 2.63. The van der Waals surface area contributed by atoms with Gasteiger partial charge in [-0.05, 0) is 30.7 Å². The molecule has 0 saturated heterocycles. The van der Waals surface area contributed by atoms with E-state index in [0.717, 1.165) is 16.7 Å². The molecule has 3 rings (SSSR count). The van der Waals surface area contributed by atoms with Crippen molar-refractivity contribution in [3.63, 3.8) is 0 Å². The molecule has 0 bridgehead atoms. The van der Waals surface area contributed by atoms with Gasteiger partial charge in [-0.2, -0.15) is 0 Å². The van der Waals surface area contributed by atoms with Crippen LogP contribution in [0.5, 0.6) is 5.75 Å². The maximum absolute atomic E-state index is 12.0. The molecule has 1 aliphatic heterocycles. The topological polar surface area (TPSA) is 47.9 Å². The first-order chi connectivity index (χ1) is 10.7. The summed E-state index contributed by atoms with van der Waals surface area (Å²) in [5.41, 5.74) is 2.88. The summed E-state index contributed by atoms with van der Waals surface area (Å²) in [6.07, 6.45) is 1.67. The zero-order valence-corrected chi connectivity index (χ0v) is 12.4. The molecular weight excluding hydrogens is 278 g/mol. The zero-order chi connectivity index (χ0) is 15.5. The van der Waals surface area contributed by atoms with Gasteiger partial charge in [-0.1, -0.05) is 36.4 Å². The Balaban J connectivity index is 2.00. The molecule has 0 atom stereocenters. The second-order valence-electron chi connectivity index (χ2n) is 4.89. The third-order valence-corrected chi connectivity index (χ3v) is 3.43. The number of cyclic esters (lactones) is 1. The molecule has 0 aromatic heterocycles. The lowest BCUT2D eigenvalue weighted by Crippen LogP contribution is -2.06. The van der Waals surface area contributed by atoms with E-state index < -0.39 is 5.97 Å². The Morgan fingerprint density at radius 1 is 1.09 bits per heavy atom. The molecular formula is C18H15NO3. The van der Waals surface area contributed by atoms with Crippen LogP contribution in [-0.4, -0.2) is 19.0 Å². The SMILES string of the molecule is COc1ccccc1/C=C1\N=C(c2ccccc2C)OC1=O. The van der Waals surface area contributed by atoms with Crippen LogP contribution in [-0.2, 0) is 9.53 Å². The van der Waals surface area contributed by atoms with Crippen LogP contribution < -0.4 is 4.74 Å². The van der Waals surface area contributed by atoms with E-state index in [-0.39, 0.29) is 5.70 Å². The number of aryl methyl sites for hydroxylation is 1. The standard InChI is InChI=1S/C18H15NO3/c1-12-7-3-5-9-14(12)17-19-15(18(20)22-17)11-13-8-4-6-10-16(13)21-2/h3-11H,1-2H3/b15-11-. The maximum atomic E-state index is 12.0. The molecule has 0 fully saturated rings. The lowest BCUT2D eigenvalue weighted by atomic mass is 10.1. The van der Waals surface area contributed by atoms with E-state index in [9.17, 15) is 4.79 Å². The third-order valence-electron chi connectivity index (χ3n) is 3.43. The molecule has 22 heavy (non-hydrogen) atoms. The zero-order valence-electron chi connectivity index (χ0n) is 12.4. The van der Waals surface area contributed by atoms with Gasteiger partial charge in [-0.25, -0.2) is 9.79 Å². The van der Waals surface area contributed by atoms with Crippen molar-refractivity contribution < 1.29 is 14.3 Å². The molecule has 0 radical (unpaired) electrons. The number of esters is 1. The predicted octanol–water partition coefficient (Wildman–Crippen LogP) is 3.35. The molecule has 110 valence electrons. The number of rotatable bonds is 3. The number of methoxy groups -OCH3 is 1. The second kappa shape index (κ2) is 5.85. The summed E-state index contributed by atoms with van der Waals surface area (Å²) in [5, 5.41) is 0. The van der Waals surface area contributed by atoms with E-state index in [1.807, 2.05) is 55.5 Å². The van der Waals surface area contributed by atoms with Crippen molar-refractivity contribution in [2.24, 2.45) is 4.99 Å². The quantitative estimate of drug-likeness (QED) is 0.644. The Morgan fingerprint density at radius 3 is 2.59 bits per heavy atom. The summed E-state index contributed by atoms with van der Waals surface area (Å²) < 4.78 is 10.6. The van der Waals surface area contributed by atoms with Crippen LogP contribution in [0, 0.1) is 6.92 Å². The number of hydrogen-bond donors (Lipinski definition) is 0. The van der Waals surface area contributed by atoms with E-state index >= 15 is 0 Å². The fourth-order valence-corrected chi connectivity index (χ4v) is 2.27. The van der Waals surface area contributed by atoms with Gasteiger partial charge < -0.3 is 9.47 Å². The highest BCUT2D eigenvalue weighted by molar-refractivity contribution is 6.13. The first-order valence-electron chi connectivity index (χ1n) is 6.90. The average Bonchev–Trinajstić information content (AvgIpc) is 2.89. The van der Waals surface area contributed by atoms with Crippen molar-refractivity contribution in [2.75, 3.05) is 7.11 Å². The number of para-hydroxylation sites is 1. The van der Waals surface area contributed by atoms with Gasteiger partial charge in [0.2, 0.25) is 5.90 Å². The summed E-state index contributed by atoms with van der Waals surface area (Å²) in [7, 11) is 1.59. The predicted molar refractivity (Wildman–Crippen MR) is 84.8 cm³/mol. The van der Waals surface area contributed by atoms with E-state index in [2.05, 4.69) is 4.99 Å². The molecule has 0 amide bonds. The number of hydrogen-bond acceptors (Lipinski definition) is 4. The molecule has 0 N–H and O–H groups in total. The summed E-state index contributed by atoms with van der Waals surface area (Å²) >= 11 is 0. The molecule has 1 aliphatic rings. The highest BCUT2D eigenvalue weighted by Crippen LogP contribution is 2.24. The van der Waals surface area contributed by atoms with Gasteiger partial charge in [0.15, 0.2) is 5.70 Å². The molecule has 4 heteroatoms. The summed E-state index contributed by atoms with van der Waals surface area (Å²) in [6.45, 7) is 1.95. The highest BCUT2D eigenvalue weighted by atomic mass is 16.6. The first-order valence-corrected chi connectivity index (χ1v) is 6.90. The van der Waals surface area contributed by atoms with Gasteiger partial charge in [-0.15, -0.1) is 0 Å². The minimum absolute atomic E-state index is 0.266. The van der Waals surface area contributed by atoms with Crippen molar-refractivity contribution in [3.05, 3.63) is 70.9 Å². The number of carbonyl (C=O) groups excluding carboxylic acids is 1. The van der Waals surface area contributed by atoms with Gasteiger partial charge in [0.05, 0.1) is 7.11 Å². The van der Waals surface area contributed by atoms with Gasteiger partial charge >= 0.3 is 5.97 Å². The smallest absolute Gasteiger partial charge is 0.363 e. The summed E-state index contributed by atoms with van der Waals surface area (Å²) in [5.74, 6) is 0.566. The minimum Gasteiger partial charge on any atom is -0.496 e. The Labute approximate surface area is 128 Å². The fraction of sp³-hybridized carbons (Fsp3) is 0.111. The van der Waals surface area contributed by atoms with Crippen molar-refractivity contribution in [1.29, 1.82) is 0 Å². The van der Waals surface area contributed by atoms with Crippen molar-refractivity contribution in [2.45, 2.75) is 6.92 Å². The van der Waals surface area contributed by atoms with E-state index in [1.165, 1.54) is 0 Å². The van der Waals surface area contributed by atoms with Gasteiger partial charge in [-0.3, -0.25) is 0 Å². The van der Waals surface area contributed by atoms with Gasteiger partial charge in [0.1, 0.15) is 5.75 Å². The Kier molecular flexibility index (Phi) is 3.74. The van der Waals surface area contributed by atoms with Crippen LogP contribution in [0.4, 0.5) is 0 Å². The highest BCUT2D eigenvalue weighted by Gasteiger charge is 2.25. The molecule has 0 spiro atoms. The summed E-state index contributed by atoms with van der Waals surface area (Å²) in [4.78, 5) is 16.3. The van der Waals surface area contributed by atoms with Crippen molar-refractivity contribution in [1.82, 2.24) is 0 Å². The largest absolute Gasteiger partial charge is 0.496 e. The van der Waals surface area contributed by atoms with Crippen LogP contribution >= 0.6 is 0 Å². The van der Waals surface area contributed by atoms with Crippen LogP contribution in [0.1, 0.15) is 16.7 Å². The van der Waals surface area contributed by atoms with Crippen molar-refractivity contribution >= 4 is 17.9 Å². The molecule has 0 saturated carbocycles. The van der Waals surface area contributed by atoms with Gasteiger partial charge in [0, 0.05) is 11.1 Å². The normalized spacial score (nSPS) is 15.6. The van der Waals surface area contributed by atoms with Crippen LogP contribution in [0.3, 0.4) is 0 Å².